The Morgan fingerprint density at radius 1 is 1.27 bits per heavy atom. The number of nitrogens with zero attached hydrogens (tertiary/aromatic N) is 2. The van der Waals surface area contributed by atoms with Crippen LogP contribution in [0, 0.1) is 21.4 Å². The van der Waals surface area contributed by atoms with Gasteiger partial charge in [-0.15, -0.1) is 10.9 Å². The number of amides is 1. The second-order valence-corrected chi connectivity index (χ2v) is 12.6. The Balaban J connectivity index is 1.90. The third-order valence-electron chi connectivity index (χ3n) is 7.01. The molecule has 2 aromatic rings. The number of carbonyl (C=O) groups excluding carboxylic acids is 1. The van der Waals surface area contributed by atoms with Crippen molar-refractivity contribution < 1.29 is 28.1 Å². The van der Waals surface area contributed by atoms with E-state index in [4.69, 9.17) is 31.0 Å². The molecule has 12 heteroatoms. The fourth-order valence-corrected chi connectivity index (χ4v) is 6.82. The maximum Gasteiger partial charge on any atom is 0.311 e. The van der Waals surface area contributed by atoms with Crippen LogP contribution in [0.2, 0.25) is 5.02 Å². The van der Waals surface area contributed by atoms with Gasteiger partial charge in [-0.25, -0.2) is 9.35 Å². The quantitative estimate of drug-likeness (QED) is 0.112. The van der Waals surface area contributed by atoms with Crippen LogP contribution in [0.15, 0.2) is 53.4 Å². The van der Waals surface area contributed by atoms with Gasteiger partial charge in [-0.2, -0.15) is 0 Å². The topological polar surface area (TPSA) is 143 Å². The molecular weight excluding hydrogens is 558 g/mol. The van der Waals surface area contributed by atoms with E-state index in [0.717, 1.165) is 30.0 Å². The summed E-state index contributed by atoms with van der Waals surface area (Å²) in [6.45, 7) is 5.50. The van der Waals surface area contributed by atoms with Crippen LogP contribution in [0.25, 0.3) is 0 Å². The summed E-state index contributed by atoms with van der Waals surface area (Å²) in [6, 6.07) is 9.50. The maximum atomic E-state index is 12.7. The van der Waals surface area contributed by atoms with Gasteiger partial charge < -0.3 is 14.2 Å². The largest absolute Gasteiger partial charge is 0.486 e. The third kappa shape index (κ3) is 7.88. The molecule has 3 rings (SSSR count). The normalized spacial score (nSPS) is 19.1. The maximum absolute atomic E-state index is 12.7. The Labute approximate surface area is 240 Å². The van der Waals surface area contributed by atoms with Crippen molar-refractivity contribution >= 4 is 33.1 Å². The minimum Gasteiger partial charge on any atom is -0.486 e. The molecule has 0 aliphatic heterocycles. The zero-order valence-corrected chi connectivity index (χ0v) is 24.5. The molecule has 1 unspecified atom stereocenters. The first-order chi connectivity index (χ1) is 18.9. The number of carbonyl (C=O) groups is 1. The predicted octanol–water partition coefficient (Wildman–Crippen LogP) is 5.51. The highest BCUT2D eigenvalue weighted by Crippen LogP contribution is 2.41. The van der Waals surface area contributed by atoms with E-state index in [2.05, 4.69) is 10.9 Å². The first kappa shape index (κ1) is 31.7. The van der Waals surface area contributed by atoms with Crippen molar-refractivity contribution in [2.75, 3.05) is 26.6 Å². The van der Waals surface area contributed by atoms with Crippen LogP contribution < -0.4 is 9.88 Å². The lowest BCUT2D eigenvalue weighted by Crippen LogP contribution is -2.44. The second kappa shape index (κ2) is 13.7. The lowest BCUT2D eigenvalue weighted by molar-refractivity contribution is -0.386. The van der Waals surface area contributed by atoms with Gasteiger partial charge in [0.1, 0.15) is 9.92 Å². The molecule has 3 atom stereocenters. The number of allylic oxidation sites excluding steroid dienone is 1. The van der Waals surface area contributed by atoms with E-state index in [0.29, 0.717) is 24.3 Å². The van der Waals surface area contributed by atoms with Gasteiger partial charge in [0.25, 0.3) is 5.91 Å². The smallest absolute Gasteiger partial charge is 0.311 e. The molecule has 0 spiro atoms. The molecule has 1 aliphatic carbocycles. The number of nitro groups is 1. The number of benzene rings is 2. The van der Waals surface area contributed by atoms with E-state index in [-0.39, 0.29) is 29.6 Å². The molecule has 40 heavy (non-hydrogen) atoms. The zero-order chi connectivity index (χ0) is 29.5. The minimum atomic E-state index is -3.33. The fraction of sp³-hybridized carbons (Fsp3) is 0.464. The summed E-state index contributed by atoms with van der Waals surface area (Å²) in [5.41, 5.74) is 1.01. The average Bonchev–Trinajstić information content (AvgIpc) is 3.07. The molecule has 1 amide bonds. The van der Waals surface area contributed by atoms with E-state index in [1.54, 1.807) is 20.3 Å². The summed E-state index contributed by atoms with van der Waals surface area (Å²) in [5.74, 6) is -1.03. The van der Waals surface area contributed by atoms with Crippen LogP contribution in [-0.2, 0) is 32.2 Å². The van der Waals surface area contributed by atoms with Crippen LogP contribution in [0.1, 0.15) is 47.7 Å². The first-order valence-corrected chi connectivity index (χ1v) is 15.0. The van der Waals surface area contributed by atoms with E-state index < -0.39 is 38.1 Å². The number of nitrogens with two attached hydrogens (primary N) is 1. The van der Waals surface area contributed by atoms with Gasteiger partial charge in [0.05, 0.1) is 16.9 Å². The summed E-state index contributed by atoms with van der Waals surface area (Å²) >= 11 is 6.22. The Hall–Kier alpha value is -2.83. The number of fused-ring (bicyclic) bond motifs is 1. The van der Waals surface area contributed by atoms with Crippen molar-refractivity contribution in [2.45, 2.75) is 45.3 Å². The van der Waals surface area contributed by atoms with Gasteiger partial charge in [-0.05, 0) is 73.4 Å². The molecule has 0 fully saturated rings. The second-order valence-electron chi connectivity index (χ2n) is 10.2. The van der Waals surface area contributed by atoms with Gasteiger partial charge in [0.15, 0.2) is 12.0 Å². The first-order valence-electron chi connectivity index (χ1n) is 12.9. The van der Waals surface area contributed by atoms with Gasteiger partial charge in [-0.3, -0.25) is 14.9 Å². The van der Waals surface area contributed by atoms with Crippen molar-refractivity contribution in [1.29, 1.82) is 0 Å². The van der Waals surface area contributed by atoms with Crippen molar-refractivity contribution in [3.8, 4) is 5.75 Å². The van der Waals surface area contributed by atoms with Crippen LogP contribution in [0.5, 0.6) is 5.75 Å². The summed E-state index contributed by atoms with van der Waals surface area (Å²) < 4.78 is 33.8. The van der Waals surface area contributed by atoms with E-state index in [9.17, 15) is 19.1 Å². The van der Waals surface area contributed by atoms with Crippen molar-refractivity contribution in [3.63, 3.8) is 0 Å². The van der Waals surface area contributed by atoms with E-state index in [1.165, 1.54) is 12.1 Å². The Bertz CT molecular complexity index is 1370. The van der Waals surface area contributed by atoms with Crippen molar-refractivity contribution in [1.82, 2.24) is 0 Å². The molecule has 0 bridgehead atoms. The Kier molecular flexibility index (Phi) is 10.8. The molecule has 0 saturated heterocycles. The fourth-order valence-electron chi connectivity index (χ4n) is 5.21. The zero-order valence-electron chi connectivity index (χ0n) is 23.0. The highest BCUT2D eigenvalue weighted by Gasteiger charge is 2.42. The molecule has 0 radical (unpaired) electrons. The number of halogens is 1. The van der Waals surface area contributed by atoms with Gasteiger partial charge >= 0.3 is 5.69 Å². The van der Waals surface area contributed by atoms with E-state index in [1.807, 2.05) is 25.1 Å². The van der Waals surface area contributed by atoms with Crippen molar-refractivity contribution in [2.24, 2.45) is 20.8 Å². The lowest BCUT2D eigenvalue weighted by atomic mass is 9.78. The number of hydrogen-bond acceptors (Lipinski definition) is 7. The number of hydrogen-bond donors (Lipinski definition) is 1. The molecule has 2 aromatic carbocycles. The van der Waals surface area contributed by atoms with Gasteiger partial charge in [0.2, 0.25) is 0 Å². The Morgan fingerprint density at radius 2 is 2.00 bits per heavy atom. The minimum absolute atomic E-state index is 0.00830. The molecule has 2 N–H and O–H groups in total. The molecule has 1 aliphatic rings. The number of aryl methyl sites for hydroxylation is 1. The van der Waals surface area contributed by atoms with Crippen molar-refractivity contribution in [3.05, 3.63) is 80.9 Å². The number of methoxy groups -OCH3 is 2. The molecule has 10 nitrogen and oxygen atoms in total. The lowest BCUT2D eigenvalue weighted by Gasteiger charge is -2.38. The summed E-state index contributed by atoms with van der Waals surface area (Å²) in [5, 5.41) is 18.4. The predicted molar refractivity (Wildman–Crippen MR) is 155 cm³/mol. The van der Waals surface area contributed by atoms with Crippen LogP contribution >= 0.6 is 11.6 Å². The summed E-state index contributed by atoms with van der Waals surface area (Å²) in [7, 11) is -0.242. The standard InChI is InChI=1S/C28H36ClN3O7S/c1-5-7-19(2)17-40(30,36)31-26(33)21-10-12-25(24(15-21)32(34)35)39-18-28(27(37-3)38-4)13-6-8-20-14-23(29)11-9-22(20)16-28/h5,9-12,14-15,19,27H,1,6-8,13,16-18H2,2-4H3,(H2,30,31,33,36)/t19-,28+,40?/m0/s1. The van der Waals surface area contributed by atoms with Gasteiger partial charge in [0, 0.05) is 36.6 Å². The molecular formula is C28H36ClN3O7S. The van der Waals surface area contributed by atoms with E-state index >= 15 is 0 Å². The number of nitro benzene ring substituents is 1. The monoisotopic (exact) mass is 593 g/mol. The van der Waals surface area contributed by atoms with Gasteiger partial charge in [-0.1, -0.05) is 30.7 Å². The summed E-state index contributed by atoms with van der Waals surface area (Å²) in [4.78, 5) is 24.1. The SMILES string of the molecule is C=CC[C@H](C)CS(N)(=O)=NC(=O)c1ccc(OC[C@@]2(C(OC)OC)CCCc3cc(Cl)ccc3C2)c([N+](=O)[O-])c1. The number of ether oxygens (including phenoxy) is 3. The van der Waals surface area contributed by atoms with Crippen LogP contribution in [-0.4, -0.2) is 47.9 Å². The van der Waals surface area contributed by atoms with Crippen LogP contribution in [0.4, 0.5) is 5.69 Å². The highest BCUT2D eigenvalue weighted by molar-refractivity contribution is 7.91. The molecule has 0 saturated carbocycles. The summed E-state index contributed by atoms with van der Waals surface area (Å²) in [6.07, 6.45) is 4.42. The third-order valence-corrected chi connectivity index (χ3v) is 8.76. The average molecular weight is 594 g/mol. The molecule has 218 valence electrons. The molecule has 0 heterocycles. The highest BCUT2D eigenvalue weighted by atomic mass is 35.5. The Morgan fingerprint density at radius 3 is 2.65 bits per heavy atom. The molecule has 0 aromatic heterocycles. The van der Waals surface area contributed by atoms with Crippen LogP contribution in [0.3, 0.4) is 0 Å². The number of rotatable bonds is 12.